The SMILES string of the molecule is CC(C)N(CCC(CCN(C(C)C)C(C)C)(C(N)=O)c1ccc(Cl)cc1)C(C)C. The number of rotatable bonds is 12. The van der Waals surface area contributed by atoms with Crippen molar-refractivity contribution in [2.75, 3.05) is 13.1 Å². The van der Waals surface area contributed by atoms with E-state index >= 15 is 0 Å². The fourth-order valence-corrected chi connectivity index (χ4v) is 4.56. The molecule has 1 amide bonds. The first-order chi connectivity index (χ1) is 13.4. The summed E-state index contributed by atoms with van der Waals surface area (Å²) in [7, 11) is 0. The van der Waals surface area contributed by atoms with Crippen LogP contribution in [0.1, 0.15) is 73.8 Å². The molecule has 0 saturated heterocycles. The Kier molecular flexibility index (Phi) is 10.1. The van der Waals surface area contributed by atoms with Crippen LogP contribution in [0.2, 0.25) is 5.02 Å². The molecule has 0 aliphatic rings. The zero-order valence-corrected chi connectivity index (χ0v) is 20.5. The Labute approximate surface area is 183 Å². The Morgan fingerprint density at radius 1 is 0.828 bits per heavy atom. The summed E-state index contributed by atoms with van der Waals surface area (Å²) in [5.74, 6) is -0.250. The summed E-state index contributed by atoms with van der Waals surface area (Å²) in [5.41, 5.74) is 6.36. The summed E-state index contributed by atoms with van der Waals surface area (Å²) >= 11 is 6.13. The van der Waals surface area contributed by atoms with Crippen molar-refractivity contribution in [2.45, 2.75) is 97.8 Å². The van der Waals surface area contributed by atoms with Crippen molar-refractivity contribution in [1.29, 1.82) is 0 Å². The van der Waals surface area contributed by atoms with Crippen LogP contribution in [-0.4, -0.2) is 53.0 Å². The number of hydrogen-bond donors (Lipinski definition) is 1. The number of nitrogens with zero attached hydrogens (tertiary/aromatic N) is 2. The van der Waals surface area contributed by atoms with Gasteiger partial charge in [0.2, 0.25) is 5.91 Å². The van der Waals surface area contributed by atoms with Crippen LogP contribution >= 0.6 is 11.6 Å². The lowest BCUT2D eigenvalue weighted by molar-refractivity contribution is -0.124. The number of primary amides is 1. The molecule has 0 unspecified atom stereocenters. The lowest BCUT2D eigenvalue weighted by Crippen LogP contribution is -2.49. The van der Waals surface area contributed by atoms with E-state index in [1.165, 1.54) is 0 Å². The summed E-state index contributed by atoms with van der Waals surface area (Å²) in [6, 6.07) is 9.30. The minimum atomic E-state index is -0.714. The van der Waals surface area contributed by atoms with Crippen LogP contribution in [0.5, 0.6) is 0 Å². The third-order valence-electron chi connectivity index (χ3n) is 6.12. The highest BCUT2D eigenvalue weighted by molar-refractivity contribution is 6.30. The quantitative estimate of drug-likeness (QED) is 0.509. The summed E-state index contributed by atoms with van der Waals surface area (Å²) in [6.07, 6.45) is 1.40. The van der Waals surface area contributed by atoms with Gasteiger partial charge in [0, 0.05) is 42.3 Å². The summed E-state index contributed by atoms with van der Waals surface area (Å²) < 4.78 is 0. The van der Waals surface area contributed by atoms with Crippen molar-refractivity contribution >= 4 is 17.5 Å². The van der Waals surface area contributed by atoms with E-state index in [1.807, 2.05) is 24.3 Å². The average Bonchev–Trinajstić information content (AvgIpc) is 2.59. The Morgan fingerprint density at radius 2 is 1.17 bits per heavy atom. The second kappa shape index (κ2) is 11.3. The molecule has 0 atom stereocenters. The maximum atomic E-state index is 13.0. The molecule has 0 aliphatic heterocycles. The first-order valence-corrected chi connectivity index (χ1v) is 11.4. The van der Waals surface area contributed by atoms with Crippen molar-refractivity contribution in [2.24, 2.45) is 5.73 Å². The average molecular weight is 424 g/mol. The molecule has 0 aliphatic carbocycles. The van der Waals surface area contributed by atoms with Crippen LogP contribution < -0.4 is 5.73 Å². The van der Waals surface area contributed by atoms with Crippen LogP contribution in [0, 0.1) is 0 Å². The molecule has 1 aromatic carbocycles. The zero-order chi connectivity index (χ0) is 22.4. The predicted octanol–water partition coefficient (Wildman–Crippen LogP) is 5.08. The van der Waals surface area contributed by atoms with Gasteiger partial charge in [0.1, 0.15) is 0 Å². The molecule has 5 heteroatoms. The van der Waals surface area contributed by atoms with Crippen LogP contribution in [0.4, 0.5) is 0 Å². The molecule has 0 spiro atoms. The second-order valence-corrected chi connectivity index (χ2v) is 9.74. The molecule has 0 heterocycles. The van der Waals surface area contributed by atoms with Gasteiger partial charge in [0.25, 0.3) is 0 Å². The summed E-state index contributed by atoms with van der Waals surface area (Å²) in [4.78, 5) is 17.8. The van der Waals surface area contributed by atoms with Gasteiger partial charge < -0.3 is 5.73 Å². The monoisotopic (exact) mass is 423 g/mol. The fraction of sp³-hybridized carbons (Fsp3) is 0.708. The van der Waals surface area contributed by atoms with Crippen molar-refractivity contribution in [3.63, 3.8) is 0 Å². The first kappa shape index (κ1) is 25.9. The number of hydrogen-bond acceptors (Lipinski definition) is 3. The molecule has 0 fully saturated rings. The maximum Gasteiger partial charge on any atom is 0.228 e. The highest BCUT2D eigenvalue weighted by atomic mass is 35.5. The standard InChI is InChI=1S/C24H42ClN3O/c1-17(2)27(18(3)4)15-13-24(23(26)29,21-9-11-22(25)12-10-21)14-16-28(19(5)6)20(7)8/h9-12,17-20H,13-16H2,1-8H3,(H2,26,29). The molecular weight excluding hydrogens is 382 g/mol. The fourth-order valence-electron chi connectivity index (χ4n) is 4.44. The number of amides is 1. The summed E-state index contributed by atoms with van der Waals surface area (Å²) in [6.45, 7) is 19.3. The molecule has 2 N–H and O–H groups in total. The van der Waals surface area contributed by atoms with E-state index in [0.717, 1.165) is 18.7 Å². The van der Waals surface area contributed by atoms with E-state index in [9.17, 15) is 4.79 Å². The third-order valence-corrected chi connectivity index (χ3v) is 6.37. The number of carbonyl (C=O) groups excluding carboxylic acids is 1. The largest absolute Gasteiger partial charge is 0.369 e. The van der Waals surface area contributed by atoms with E-state index in [2.05, 4.69) is 65.2 Å². The van der Waals surface area contributed by atoms with Crippen molar-refractivity contribution in [1.82, 2.24) is 9.80 Å². The third kappa shape index (κ3) is 6.97. The van der Waals surface area contributed by atoms with Gasteiger partial charge in [-0.3, -0.25) is 14.6 Å². The van der Waals surface area contributed by atoms with Crippen LogP contribution in [0.25, 0.3) is 0 Å². The Morgan fingerprint density at radius 3 is 1.45 bits per heavy atom. The van der Waals surface area contributed by atoms with Gasteiger partial charge in [-0.05, 0) is 85.9 Å². The zero-order valence-electron chi connectivity index (χ0n) is 19.7. The molecule has 0 aromatic heterocycles. The molecule has 29 heavy (non-hydrogen) atoms. The number of halogens is 1. The maximum absolute atomic E-state index is 13.0. The predicted molar refractivity (Wildman–Crippen MR) is 126 cm³/mol. The smallest absolute Gasteiger partial charge is 0.228 e. The van der Waals surface area contributed by atoms with Crippen molar-refractivity contribution in [3.05, 3.63) is 34.9 Å². The minimum absolute atomic E-state index is 0.250. The minimum Gasteiger partial charge on any atom is -0.369 e. The highest BCUT2D eigenvalue weighted by Crippen LogP contribution is 2.34. The first-order valence-electron chi connectivity index (χ1n) is 11.0. The Balaban J connectivity index is 3.29. The Hall–Kier alpha value is -1.10. The molecule has 4 nitrogen and oxygen atoms in total. The van der Waals surface area contributed by atoms with Crippen LogP contribution in [-0.2, 0) is 10.2 Å². The molecule has 1 aromatic rings. The molecular formula is C24H42ClN3O. The van der Waals surface area contributed by atoms with Crippen LogP contribution in [0.15, 0.2) is 24.3 Å². The number of benzene rings is 1. The van der Waals surface area contributed by atoms with E-state index in [0.29, 0.717) is 42.0 Å². The van der Waals surface area contributed by atoms with Gasteiger partial charge in [-0.25, -0.2) is 0 Å². The van der Waals surface area contributed by atoms with Gasteiger partial charge in [-0.1, -0.05) is 23.7 Å². The van der Waals surface area contributed by atoms with E-state index in [1.54, 1.807) is 0 Å². The van der Waals surface area contributed by atoms with Gasteiger partial charge in [-0.2, -0.15) is 0 Å². The molecule has 0 saturated carbocycles. The van der Waals surface area contributed by atoms with E-state index in [4.69, 9.17) is 17.3 Å². The van der Waals surface area contributed by atoms with Gasteiger partial charge in [-0.15, -0.1) is 0 Å². The van der Waals surface area contributed by atoms with Crippen molar-refractivity contribution < 1.29 is 4.79 Å². The van der Waals surface area contributed by atoms with E-state index < -0.39 is 5.41 Å². The number of carbonyl (C=O) groups is 1. The van der Waals surface area contributed by atoms with Crippen LogP contribution in [0.3, 0.4) is 0 Å². The Bertz CT molecular complexity index is 586. The lowest BCUT2D eigenvalue weighted by atomic mass is 9.73. The van der Waals surface area contributed by atoms with E-state index in [-0.39, 0.29) is 5.91 Å². The molecule has 0 bridgehead atoms. The van der Waals surface area contributed by atoms with Crippen molar-refractivity contribution in [3.8, 4) is 0 Å². The normalized spacial score (nSPS) is 12.9. The highest BCUT2D eigenvalue weighted by Gasteiger charge is 2.39. The van der Waals surface area contributed by atoms with Gasteiger partial charge in [0.15, 0.2) is 0 Å². The molecule has 1 rings (SSSR count). The topological polar surface area (TPSA) is 49.6 Å². The number of nitrogens with two attached hydrogens (primary N) is 1. The second-order valence-electron chi connectivity index (χ2n) is 9.30. The summed E-state index contributed by atoms with van der Waals surface area (Å²) in [5, 5.41) is 0.670. The van der Waals surface area contributed by atoms with Gasteiger partial charge >= 0.3 is 0 Å². The molecule has 0 radical (unpaired) electrons. The van der Waals surface area contributed by atoms with Gasteiger partial charge in [0.05, 0.1) is 5.41 Å². The lowest BCUT2D eigenvalue weighted by Gasteiger charge is -2.39. The molecule has 166 valence electrons.